The van der Waals surface area contributed by atoms with Crippen molar-refractivity contribution in [3.05, 3.63) is 23.7 Å². The van der Waals surface area contributed by atoms with Gasteiger partial charge in [0, 0.05) is 18.2 Å². The Morgan fingerprint density at radius 2 is 2.17 bits per heavy atom. The van der Waals surface area contributed by atoms with Crippen molar-refractivity contribution in [3.8, 4) is 0 Å². The highest BCUT2D eigenvalue weighted by Gasteiger charge is 2.26. The fourth-order valence-electron chi connectivity index (χ4n) is 1.55. The minimum atomic E-state index is -4.17. The van der Waals surface area contributed by atoms with Crippen LogP contribution in [0.2, 0.25) is 0 Å². The van der Waals surface area contributed by atoms with Crippen LogP contribution in [-0.2, 0) is 17.9 Å². The van der Waals surface area contributed by atoms with E-state index >= 15 is 0 Å². The zero-order valence-electron chi connectivity index (χ0n) is 9.93. The fraction of sp³-hybridized carbons (Fsp3) is 0.667. The third-order valence-electron chi connectivity index (χ3n) is 2.76. The molecule has 1 N–H and O–H groups in total. The predicted octanol–water partition coefficient (Wildman–Crippen LogP) is 3.00. The summed E-state index contributed by atoms with van der Waals surface area (Å²) in [5, 5.41) is 3.32. The molecular formula is C12H16F3NO2. The van der Waals surface area contributed by atoms with Crippen molar-refractivity contribution >= 4 is 0 Å². The molecule has 0 bridgehead atoms. The molecule has 0 amide bonds. The monoisotopic (exact) mass is 263 g/mol. The van der Waals surface area contributed by atoms with Gasteiger partial charge in [-0.1, -0.05) is 0 Å². The van der Waals surface area contributed by atoms with E-state index in [4.69, 9.17) is 9.15 Å². The first-order valence-corrected chi connectivity index (χ1v) is 5.98. The second-order valence-corrected chi connectivity index (χ2v) is 4.44. The smallest absolute Gasteiger partial charge is 0.391 e. The van der Waals surface area contributed by atoms with Crippen molar-refractivity contribution < 1.29 is 22.3 Å². The lowest BCUT2D eigenvalue weighted by molar-refractivity contribution is -0.146. The summed E-state index contributed by atoms with van der Waals surface area (Å²) >= 11 is 0. The van der Waals surface area contributed by atoms with Crippen LogP contribution in [-0.4, -0.2) is 18.8 Å². The van der Waals surface area contributed by atoms with E-state index in [2.05, 4.69) is 5.32 Å². The first-order chi connectivity index (χ1) is 8.54. The summed E-state index contributed by atoms with van der Waals surface area (Å²) in [6, 6.07) is 2.40. The van der Waals surface area contributed by atoms with E-state index in [1.54, 1.807) is 0 Å². The van der Waals surface area contributed by atoms with Crippen molar-refractivity contribution in [2.45, 2.75) is 44.6 Å². The van der Waals surface area contributed by atoms with E-state index in [-0.39, 0.29) is 13.2 Å². The molecule has 1 aliphatic carbocycles. The Hall–Kier alpha value is -1.01. The average molecular weight is 263 g/mol. The largest absolute Gasteiger partial charge is 0.467 e. The molecule has 0 saturated heterocycles. The van der Waals surface area contributed by atoms with Crippen molar-refractivity contribution in [3.63, 3.8) is 0 Å². The van der Waals surface area contributed by atoms with Gasteiger partial charge in [0.05, 0.1) is 19.3 Å². The van der Waals surface area contributed by atoms with Crippen LogP contribution < -0.4 is 5.32 Å². The van der Waals surface area contributed by atoms with Crippen LogP contribution in [0.25, 0.3) is 0 Å². The molecule has 6 heteroatoms. The number of ether oxygens (including phenoxy) is 1. The number of hydrogen-bond acceptors (Lipinski definition) is 3. The topological polar surface area (TPSA) is 34.4 Å². The van der Waals surface area contributed by atoms with Crippen LogP contribution in [0.15, 0.2) is 16.7 Å². The molecule has 0 spiro atoms. The summed E-state index contributed by atoms with van der Waals surface area (Å²) < 4.78 is 45.9. The minimum Gasteiger partial charge on any atom is -0.467 e. The van der Waals surface area contributed by atoms with Gasteiger partial charge in [-0.3, -0.25) is 0 Å². The van der Waals surface area contributed by atoms with Crippen molar-refractivity contribution in [2.24, 2.45) is 0 Å². The van der Waals surface area contributed by atoms with Crippen LogP contribution in [0.4, 0.5) is 13.2 Å². The summed E-state index contributed by atoms with van der Waals surface area (Å²) in [4.78, 5) is 0. The molecular weight excluding hydrogens is 247 g/mol. The van der Waals surface area contributed by atoms with Crippen LogP contribution in [0.3, 0.4) is 0 Å². The maximum atomic E-state index is 11.9. The molecule has 1 aromatic rings. The van der Waals surface area contributed by atoms with E-state index in [9.17, 15) is 13.2 Å². The van der Waals surface area contributed by atoms with Crippen molar-refractivity contribution in [2.75, 3.05) is 6.61 Å². The molecule has 1 heterocycles. The summed E-state index contributed by atoms with van der Waals surface area (Å²) in [5.74, 6) is 0.602. The third-order valence-corrected chi connectivity index (χ3v) is 2.76. The minimum absolute atomic E-state index is 0.0881. The van der Waals surface area contributed by atoms with Gasteiger partial charge in [-0.05, 0) is 18.9 Å². The van der Waals surface area contributed by atoms with E-state index in [1.165, 1.54) is 19.1 Å². The Labute approximate surface area is 103 Å². The van der Waals surface area contributed by atoms with Gasteiger partial charge < -0.3 is 14.5 Å². The van der Waals surface area contributed by atoms with Gasteiger partial charge in [0.25, 0.3) is 0 Å². The highest BCUT2D eigenvalue weighted by atomic mass is 19.4. The Kier molecular flexibility index (Phi) is 4.29. The van der Waals surface area contributed by atoms with E-state index in [0.717, 1.165) is 5.56 Å². The number of furan rings is 1. The molecule has 0 aromatic carbocycles. The first kappa shape index (κ1) is 13.4. The molecule has 0 aliphatic heterocycles. The first-order valence-electron chi connectivity index (χ1n) is 5.98. The third kappa shape index (κ3) is 4.70. The highest BCUT2D eigenvalue weighted by molar-refractivity contribution is 5.16. The Morgan fingerprint density at radius 1 is 1.39 bits per heavy atom. The fourth-order valence-corrected chi connectivity index (χ4v) is 1.55. The Balaban J connectivity index is 1.69. The van der Waals surface area contributed by atoms with Gasteiger partial charge in [-0.15, -0.1) is 0 Å². The summed E-state index contributed by atoms with van der Waals surface area (Å²) in [5.41, 5.74) is 0.953. The molecule has 0 atom stereocenters. The Morgan fingerprint density at radius 3 is 2.83 bits per heavy atom. The van der Waals surface area contributed by atoms with Gasteiger partial charge in [0.2, 0.25) is 0 Å². The van der Waals surface area contributed by atoms with E-state index < -0.39 is 12.6 Å². The summed E-state index contributed by atoms with van der Waals surface area (Å²) in [6.45, 7) is 0.434. The maximum Gasteiger partial charge on any atom is 0.391 e. The molecule has 0 unspecified atom stereocenters. The zero-order chi connectivity index (χ0) is 13.0. The number of hydrogen-bond donors (Lipinski definition) is 1. The van der Waals surface area contributed by atoms with Crippen molar-refractivity contribution in [1.82, 2.24) is 5.32 Å². The molecule has 18 heavy (non-hydrogen) atoms. The lowest BCUT2D eigenvalue weighted by Gasteiger charge is -2.07. The van der Waals surface area contributed by atoms with Crippen molar-refractivity contribution in [1.29, 1.82) is 0 Å². The summed E-state index contributed by atoms with van der Waals surface area (Å²) in [7, 11) is 0. The van der Waals surface area contributed by atoms with E-state index in [1.807, 2.05) is 6.07 Å². The molecule has 2 rings (SSSR count). The van der Waals surface area contributed by atoms with Gasteiger partial charge in [-0.25, -0.2) is 0 Å². The Bertz CT molecular complexity index is 372. The van der Waals surface area contributed by atoms with Gasteiger partial charge in [0.1, 0.15) is 12.4 Å². The maximum absolute atomic E-state index is 11.9. The lowest BCUT2D eigenvalue weighted by Crippen LogP contribution is -2.16. The van der Waals surface area contributed by atoms with Crippen LogP contribution in [0.1, 0.15) is 30.6 Å². The van der Waals surface area contributed by atoms with Gasteiger partial charge >= 0.3 is 6.18 Å². The number of nitrogens with one attached hydrogen (secondary N) is 1. The van der Waals surface area contributed by atoms with E-state index in [0.29, 0.717) is 18.3 Å². The number of rotatable bonds is 7. The highest BCUT2D eigenvalue weighted by Crippen LogP contribution is 2.21. The molecule has 1 saturated carbocycles. The molecule has 0 radical (unpaired) electrons. The molecule has 3 nitrogen and oxygen atoms in total. The molecule has 102 valence electrons. The molecule has 1 aliphatic rings. The van der Waals surface area contributed by atoms with Crippen LogP contribution >= 0.6 is 0 Å². The summed E-state index contributed by atoms with van der Waals surface area (Å²) in [6.07, 6.45) is -1.18. The van der Waals surface area contributed by atoms with Gasteiger partial charge in [0.15, 0.2) is 0 Å². The zero-order valence-corrected chi connectivity index (χ0v) is 9.93. The SMILES string of the molecule is FC(F)(F)CCOCc1occc1CNC1CC1. The standard InChI is InChI=1S/C12H16F3NO2/c13-12(14,15)4-6-17-8-11-9(3-5-18-11)7-16-10-1-2-10/h3,5,10,16H,1-2,4,6-8H2. The molecule has 1 fully saturated rings. The van der Waals surface area contributed by atoms with Gasteiger partial charge in [-0.2, -0.15) is 13.2 Å². The second kappa shape index (κ2) is 5.75. The van der Waals surface area contributed by atoms with Crippen LogP contribution in [0, 0.1) is 0 Å². The second-order valence-electron chi connectivity index (χ2n) is 4.44. The normalized spacial score (nSPS) is 16.2. The quantitative estimate of drug-likeness (QED) is 0.768. The lowest BCUT2D eigenvalue weighted by atomic mass is 10.2. The number of alkyl halides is 3. The predicted molar refractivity (Wildman–Crippen MR) is 58.9 cm³/mol. The molecule has 1 aromatic heterocycles. The average Bonchev–Trinajstić information content (AvgIpc) is 3.01. The van der Waals surface area contributed by atoms with Crippen LogP contribution in [0.5, 0.6) is 0 Å². The number of halogens is 3.